The lowest BCUT2D eigenvalue weighted by atomic mass is 10.1. The summed E-state index contributed by atoms with van der Waals surface area (Å²) in [6.07, 6.45) is 0. The van der Waals surface area contributed by atoms with Crippen LogP contribution in [0.2, 0.25) is 0 Å². The van der Waals surface area contributed by atoms with Crippen LogP contribution in [0.3, 0.4) is 0 Å². The molecular weight excluding hydrogens is 311 g/mol. The highest BCUT2D eigenvalue weighted by Crippen LogP contribution is 2.32. The molecule has 0 unspecified atom stereocenters. The third-order valence-electron chi connectivity index (χ3n) is 4.14. The average molecular weight is 326 g/mol. The molecule has 0 saturated heterocycles. The molecule has 4 rings (SSSR count). The zero-order valence-corrected chi connectivity index (χ0v) is 13.0. The number of ether oxygens (including phenoxy) is 2. The first-order valence-corrected chi connectivity index (χ1v) is 7.56. The van der Waals surface area contributed by atoms with Gasteiger partial charge in [0.2, 0.25) is 6.79 Å². The van der Waals surface area contributed by atoms with Crippen molar-refractivity contribution in [3.63, 3.8) is 0 Å². The molecule has 0 atom stereocenters. The molecule has 2 aromatic carbocycles. The number of aromatic amines is 1. The fourth-order valence-corrected chi connectivity index (χ4v) is 2.85. The van der Waals surface area contributed by atoms with Crippen molar-refractivity contribution < 1.29 is 18.7 Å². The minimum Gasteiger partial charge on any atom is -0.454 e. The molecule has 1 aliphatic rings. The number of hydrogen-bond donors (Lipinski definition) is 2. The molecule has 0 fully saturated rings. The number of halogens is 1. The summed E-state index contributed by atoms with van der Waals surface area (Å²) in [4.78, 5) is 15.5. The van der Waals surface area contributed by atoms with Crippen molar-refractivity contribution in [2.24, 2.45) is 0 Å². The smallest absolute Gasteiger partial charge is 0.268 e. The number of hydrogen-bond acceptors (Lipinski definition) is 3. The first-order chi connectivity index (χ1) is 11.6. The van der Waals surface area contributed by atoms with E-state index < -0.39 is 0 Å². The Labute approximate surface area is 137 Å². The van der Waals surface area contributed by atoms with Gasteiger partial charge in [0, 0.05) is 17.4 Å². The predicted molar refractivity (Wildman–Crippen MR) is 86.7 cm³/mol. The molecular formula is C18H15FN2O3. The van der Waals surface area contributed by atoms with Crippen molar-refractivity contribution >= 4 is 16.8 Å². The van der Waals surface area contributed by atoms with Crippen molar-refractivity contribution in [1.29, 1.82) is 0 Å². The van der Waals surface area contributed by atoms with Crippen LogP contribution < -0.4 is 14.8 Å². The third-order valence-corrected chi connectivity index (χ3v) is 4.14. The van der Waals surface area contributed by atoms with Crippen LogP contribution in [-0.4, -0.2) is 17.7 Å². The Bertz CT molecular complexity index is 949. The Balaban J connectivity index is 1.53. The summed E-state index contributed by atoms with van der Waals surface area (Å²) in [6, 6.07) is 9.96. The Morgan fingerprint density at radius 3 is 2.92 bits per heavy atom. The number of carbonyl (C=O) groups excluding carboxylic acids is 1. The van der Waals surface area contributed by atoms with Crippen LogP contribution in [0, 0.1) is 12.7 Å². The van der Waals surface area contributed by atoms with E-state index in [0.717, 1.165) is 16.6 Å². The van der Waals surface area contributed by atoms with Crippen molar-refractivity contribution in [2.45, 2.75) is 13.5 Å². The summed E-state index contributed by atoms with van der Waals surface area (Å²) in [5.74, 6) is 0.830. The second-order valence-electron chi connectivity index (χ2n) is 5.69. The molecule has 6 heteroatoms. The van der Waals surface area contributed by atoms with Crippen molar-refractivity contribution in [3.8, 4) is 11.5 Å². The number of fused-ring (bicyclic) bond motifs is 2. The van der Waals surface area contributed by atoms with E-state index in [1.807, 2.05) is 18.2 Å². The SMILES string of the molecule is Cc1c(C(=O)NCc2ccc3c(c2)OCO3)[nH]c2ccc(F)cc12. The summed E-state index contributed by atoms with van der Waals surface area (Å²) >= 11 is 0. The van der Waals surface area contributed by atoms with Gasteiger partial charge in [0.1, 0.15) is 11.5 Å². The highest BCUT2D eigenvalue weighted by Gasteiger charge is 2.16. The molecule has 1 amide bonds. The molecule has 2 N–H and O–H groups in total. The van der Waals surface area contributed by atoms with Gasteiger partial charge in [-0.1, -0.05) is 6.07 Å². The molecule has 2 heterocycles. The lowest BCUT2D eigenvalue weighted by Crippen LogP contribution is -2.23. The molecule has 0 aliphatic carbocycles. The molecule has 1 aromatic heterocycles. The fraction of sp³-hybridized carbons (Fsp3) is 0.167. The molecule has 122 valence electrons. The molecule has 0 spiro atoms. The van der Waals surface area contributed by atoms with E-state index in [4.69, 9.17) is 9.47 Å². The van der Waals surface area contributed by atoms with Crippen molar-refractivity contribution in [3.05, 3.63) is 59.0 Å². The summed E-state index contributed by atoms with van der Waals surface area (Å²) < 4.78 is 24.0. The second kappa shape index (κ2) is 5.56. The van der Waals surface area contributed by atoms with Gasteiger partial charge in [-0.2, -0.15) is 0 Å². The quantitative estimate of drug-likeness (QED) is 0.776. The van der Waals surface area contributed by atoms with E-state index in [0.29, 0.717) is 29.1 Å². The number of aromatic nitrogens is 1. The maximum Gasteiger partial charge on any atom is 0.268 e. The van der Waals surface area contributed by atoms with Crippen LogP contribution in [-0.2, 0) is 6.54 Å². The number of H-pyrrole nitrogens is 1. The maximum absolute atomic E-state index is 13.4. The molecule has 1 aliphatic heterocycles. The van der Waals surface area contributed by atoms with Crippen molar-refractivity contribution in [1.82, 2.24) is 10.3 Å². The van der Waals surface area contributed by atoms with E-state index in [2.05, 4.69) is 10.3 Å². The molecule has 0 bridgehead atoms. The molecule has 24 heavy (non-hydrogen) atoms. The van der Waals surface area contributed by atoms with E-state index in [9.17, 15) is 9.18 Å². The number of nitrogens with one attached hydrogen (secondary N) is 2. The normalized spacial score (nSPS) is 12.6. The maximum atomic E-state index is 13.4. The molecule has 5 nitrogen and oxygen atoms in total. The summed E-state index contributed by atoms with van der Waals surface area (Å²) in [5, 5.41) is 3.57. The van der Waals surface area contributed by atoms with Gasteiger partial charge >= 0.3 is 0 Å². The van der Waals surface area contributed by atoms with E-state index >= 15 is 0 Å². The molecule has 0 saturated carbocycles. The summed E-state index contributed by atoms with van der Waals surface area (Å²) in [5.41, 5.74) is 2.82. The second-order valence-corrected chi connectivity index (χ2v) is 5.69. The Morgan fingerprint density at radius 2 is 2.04 bits per heavy atom. The Morgan fingerprint density at radius 1 is 1.21 bits per heavy atom. The Hall–Kier alpha value is -3.02. The standard InChI is InChI=1S/C18H15FN2O3/c1-10-13-7-12(19)3-4-14(13)21-17(10)18(22)20-8-11-2-5-15-16(6-11)24-9-23-15/h2-7,21H,8-9H2,1H3,(H,20,22). The van der Waals surface area contributed by atoms with E-state index in [-0.39, 0.29) is 18.5 Å². The fourth-order valence-electron chi connectivity index (χ4n) is 2.85. The number of aryl methyl sites for hydroxylation is 1. The minimum atomic E-state index is -0.322. The van der Waals surface area contributed by atoms with E-state index in [1.165, 1.54) is 12.1 Å². The lowest BCUT2D eigenvalue weighted by molar-refractivity contribution is 0.0946. The monoisotopic (exact) mass is 326 g/mol. The van der Waals surface area contributed by atoms with Gasteiger partial charge in [-0.15, -0.1) is 0 Å². The first kappa shape index (κ1) is 14.6. The number of carbonyl (C=O) groups is 1. The van der Waals surface area contributed by atoms with Gasteiger partial charge in [-0.05, 0) is 48.4 Å². The van der Waals surface area contributed by atoms with Crippen molar-refractivity contribution in [2.75, 3.05) is 6.79 Å². The van der Waals surface area contributed by atoms with Gasteiger partial charge in [-0.25, -0.2) is 4.39 Å². The van der Waals surface area contributed by atoms with Crippen LogP contribution >= 0.6 is 0 Å². The summed E-state index contributed by atoms with van der Waals surface area (Å²) in [7, 11) is 0. The van der Waals surface area contributed by atoms with Gasteiger partial charge in [0.15, 0.2) is 11.5 Å². The van der Waals surface area contributed by atoms with Gasteiger partial charge in [0.25, 0.3) is 5.91 Å². The van der Waals surface area contributed by atoms with Crippen LogP contribution in [0.15, 0.2) is 36.4 Å². The zero-order chi connectivity index (χ0) is 16.7. The van der Waals surface area contributed by atoms with E-state index in [1.54, 1.807) is 13.0 Å². The highest BCUT2D eigenvalue weighted by molar-refractivity contribution is 6.00. The highest BCUT2D eigenvalue weighted by atomic mass is 19.1. The average Bonchev–Trinajstić information content (AvgIpc) is 3.17. The van der Waals surface area contributed by atoms with Gasteiger partial charge in [0.05, 0.1) is 0 Å². The first-order valence-electron chi connectivity index (χ1n) is 7.56. The predicted octanol–water partition coefficient (Wildman–Crippen LogP) is 3.27. The third kappa shape index (κ3) is 2.46. The van der Waals surface area contributed by atoms with Gasteiger partial charge in [-0.3, -0.25) is 4.79 Å². The topological polar surface area (TPSA) is 63.4 Å². The minimum absolute atomic E-state index is 0.218. The lowest BCUT2D eigenvalue weighted by Gasteiger charge is -2.06. The summed E-state index contributed by atoms with van der Waals surface area (Å²) in [6.45, 7) is 2.38. The van der Waals surface area contributed by atoms with Crippen LogP contribution in [0.4, 0.5) is 4.39 Å². The zero-order valence-electron chi connectivity index (χ0n) is 13.0. The molecule has 3 aromatic rings. The van der Waals surface area contributed by atoms with Crippen LogP contribution in [0.25, 0.3) is 10.9 Å². The number of amides is 1. The number of rotatable bonds is 3. The van der Waals surface area contributed by atoms with Crippen LogP contribution in [0.5, 0.6) is 11.5 Å². The van der Waals surface area contributed by atoms with Crippen LogP contribution in [0.1, 0.15) is 21.6 Å². The largest absolute Gasteiger partial charge is 0.454 e. The van der Waals surface area contributed by atoms with Gasteiger partial charge < -0.3 is 19.8 Å². The Kier molecular flexibility index (Phi) is 3.37. The molecule has 0 radical (unpaired) electrons. The number of benzene rings is 2.